The van der Waals surface area contributed by atoms with Gasteiger partial charge in [-0.1, -0.05) is 12.1 Å². The lowest BCUT2D eigenvalue weighted by molar-refractivity contribution is 0.415. The molecule has 1 aromatic carbocycles. The van der Waals surface area contributed by atoms with Crippen LogP contribution in [-0.4, -0.2) is 30.3 Å². The van der Waals surface area contributed by atoms with Crippen molar-refractivity contribution >= 4 is 28.8 Å². The highest BCUT2D eigenvalue weighted by atomic mass is 32.1. The predicted molar refractivity (Wildman–Crippen MR) is 106 cm³/mol. The molecule has 1 saturated heterocycles. The number of benzene rings is 1. The van der Waals surface area contributed by atoms with Crippen LogP contribution in [0.3, 0.4) is 0 Å². The molecule has 132 valence electrons. The number of pyridine rings is 1. The quantitative estimate of drug-likeness (QED) is 0.796. The summed E-state index contributed by atoms with van der Waals surface area (Å²) in [4.78, 5) is 6.69. The molecule has 2 N–H and O–H groups in total. The molecule has 0 amide bonds. The first-order chi connectivity index (χ1) is 12.2. The van der Waals surface area contributed by atoms with Gasteiger partial charge in [0.1, 0.15) is 0 Å². The molecule has 2 heterocycles. The van der Waals surface area contributed by atoms with E-state index in [0.717, 1.165) is 13.1 Å². The summed E-state index contributed by atoms with van der Waals surface area (Å²) in [7, 11) is 1.61. The summed E-state index contributed by atoms with van der Waals surface area (Å²) in [6, 6.07) is 12.5. The first kappa shape index (κ1) is 17.5. The molecular formula is C19H24N4OS. The summed E-state index contributed by atoms with van der Waals surface area (Å²) in [5.41, 5.74) is 2.49. The summed E-state index contributed by atoms with van der Waals surface area (Å²) in [5, 5.41) is 6.91. The van der Waals surface area contributed by atoms with Crippen molar-refractivity contribution < 1.29 is 4.74 Å². The zero-order chi connectivity index (χ0) is 17.6. The number of anilines is 2. The second-order valence-corrected chi connectivity index (χ2v) is 6.57. The molecular weight excluding hydrogens is 332 g/mol. The highest BCUT2D eigenvalue weighted by Gasteiger charge is 2.13. The van der Waals surface area contributed by atoms with Gasteiger partial charge in [-0.05, 0) is 61.8 Å². The van der Waals surface area contributed by atoms with Crippen molar-refractivity contribution in [2.75, 3.05) is 30.4 Å². The molecule has 5 nitrogen and oxygen atoms in total. The molecule has 1 atom stereocenters. The van der Waals surface area contributed by atoms with Crippen LogP contribution in [-0.2, 0) is 0 Å². The lowest BCUT2D eigenvalue weighted by Gasteiger charge is -2.20. The minimum absolute atomic E-state index is 0.0994. The Hall–Kier alpha value is -2.34. The zero-order valence-corrected chi connectivity index (χ0v) is 15.5. The molecule has 6 heteroatoms. The average molecular weight is 356 g/mol. The van der Waals surface area contributed by atoms with Crippen LogP contribution in [0.25, 0.3) is 0 Å². The topological polar surface area (TPSA) is 49.4 Å². The van der Waals surface area contributed by atoms with E-state index in [4.69, 9.17) is 17.0 Å². The maximum atomic E-state index is 5.41. The van der Waals surface area contributed by atoms with Crippen LogP contribution < -0.4 is 20.3 Å². The summed E-state index contributed by atoms with van der Waals surface area (Å²) in [6.07, 6.45) is 4.28. The van der Waals surface area contributed by atoms with Gasteiger partial charge >= 0.3 is 0 Å². The SMILES string of the molecule is COc1cccnc1NC(=S)N[C@H](C)c1ccc(N2CCCC2)cc1. The number of hydrogen-bond acceptors (Lipinski definition) is 4. The Balaban J connectivity index is 1.59. The van der Waals surface area contributed by atoms with Crippen molar-refractivity contribution in [2.45, 2.75) is 25.8 Å². The Morgan fingerprint density at radius 1 is 1.20 bits per heavy atom. The molecule has 0 spiro atoms. The second kappa shape index (κ2) is 8.16. The summed E-state index contributed by atoms with van der Waals surface area (Å²) in [5.74, 6) is 1.27. The van der Waals surface area contributed by atoms with Crippen molar-refractivity contribution in [3.8, 4) is 5.75 Å². The molecule has 1 aliphatic rings. The fourth-order valence-corrected chi connectivity index (χ4v) is 3.30. The average Bonchev–Trinajstić information content (AvgIpc) is 3.17. The summed E-state index contributed by atoms with van der Waals surface area (Å²) in [6.45, 7) is 4.41. The van der Waals surface area contributed by atoms with Crippen molar-refractivity contribution in [3.63, 3.8) is 0 Å². The normalized spacial score (nSPS) is 14.9. The molecule has 0 radical (unpaired) electrons. The van der Waals surface area contributed by atoms with Crippen LogP contribution in [0.5, 0.6) is 5.75 Å². The van der Waals surface area contributed by atoms with Crippen LogP contribution in [0, 0.1) is 0 Å². The van der Waals surface area contributed by atoms with Crippen LogP contribution in [0.4, 0.5) is 11.5 Å². The first-order valence-corrected chi connectivity index (χ1v) is 8.99. The van der Waals surface area contributed by atoms with Crippen LogP contribution in [0.15, 0.2) is 42.6 Å². The number of nitrogens with one attached hydrogen (secondary N) is 2. The highest BCUT2D eigenvalue weighted by Crippen LogP contribution is 2.23. The molecule has 0 bridgehead atoms. The van der Waals surface area contributed by atoms with E-state index in [9.17, 15) is 0 Å². The molecule has 3 rings (SSSR count). The molecule has 0 saturated carbocycles. The fraction of sp³-hybridized carbons (Fsp3) is 0.368. The van der Waals surface area contributed by atoms with E-state index in [1.165, 1.54) is 24.1 Å². The number of methoxy groups -OCH3 is 1. The first-order valence-electron chi connectivity index (χ1n) is 8.59. The van der Waals surface area contributed by atoms with Crippen molar-refractivity contribution in [2.24, 2.45) is 0 Å². The van der Waals surface area contributed by atoms with Gasteiger partial charge in [0.25, 0.3) is 0 Å². The Kier molecular flexibility index (Phi) is 5.71. The van der Waals surface area contributed by atoms with Gasteiger partial charge in [-0.2, -0.15) is 0 Å². The minimum atomic E-state index is 0.0994. The van der Waals surface area contributed by atoms with Crippen molar-refractivity contribution in [3.05, 3.63) is 48.2 Å². The Labute approximate surface area is 154 Å². The maximum Gasteiger partial charge on any atom is 0.174 e. The van der Waals surface area contributed by atoms with Gasteiger partial charge in [-0.15, -0.1) is 0 Å². The van der Waals surface area contributed by atoms with E-state index in [-0.39, 0.29) is 6.04 Å². The second-order valence-electron chi connectivity index (χ2n) is 6.16. The fourth-order valence-electron chi connectivity index (χ4n) is 3.02. The smallest absolute Gasteiger partial charge is 0.174 e. The molecule has 25 heavy (non-hydrogen) atoms. The molecule has 1 fully saturated rings. The lowest BCUT2D eigenvalue weighted by atomic mass is 10.1. The largest absolute Gasteiger partial charge is 0.493 e. The van der Waals surface area contributed by atoms with Gasteiger partial charge in [-0.3, -0.25) is 0 Å². The van der Waals surface area contributed by atoms with Gasteiger partial charge in [0.15, 0.2) is 16.7 Å². The molecule has 1 aromatic heterocycles. The number of rotatable bonds is 5. The van der Waals surface area contributed by atoms with E-state index in [1.54, 1.807) is 13.3 Å². The van der Waals surface area contributed by atoms with Crippen LogP contribution >= 0.6 is 12.2 Å². The summed E-state index contributed by atoms with van der Waals surface area (Å²) >= 11 is 5.41. The number of aromatic nitrogens is 1. The van der Waals surface area contributed by atoms with Gasteiger partial charge in [-0.25, -0.2) is 4.98 Å². The third-order valence-electron chi connectivity index (χ3n) is 4.43. The van der Waals surface area contributed by atoms with Gasteiger partial charge in [0, 0.05) is 25.0 Å². The van der Waals surface area contributed by atoms with E-state index >= 15 is 0 Å². The lowest BCUT2D eigenvalue weighted by Crippen LogP contribution is -2.31. The number of thiocarbonyl (C=S) groups is 1. The third kappa shape index (κ3) is 4.39. The Morgan fingerprint density at radius 3 is 2.60 bits per heavy atom. The Morgan fingerprint density at radius 2 is 1.92 bits per heavy atom. The number of ether oxygens (including phenoxy) is 1. The molecule has 0 aliphatic carbocycles. The van der Waals surface area contributed by atoms with Gasteiger partial charge < -0.3 is 20.3 Å². The summed E-state index contributed by atoms with van der Waals surface area (Å²) < 4.78 is 5.28. The van der Waals surface area contributed by atoms with E-state index in [0.29, 0.717) is 16.7 Å². The Bertz CT molecular complexity index is 714. The van der Waals surface area contributed by atoms with E-state index in [1.807, 2.05) is 12.1 Å². The van der Waals surface area contributed by atoms with Crippen LogP contribution in [0.1, 0.15) is 31.4 Å². The van der Waals surface area contributed by atoms with Gasteiger partial charge in [0.05, 0.1) is 13.2 Å². The molecule has 1 aliphatic heterocycles. The number of nitrogens with zero attached hydrogens (tertiary/aromatic N) is 2. The molecule has 2 aromatic rings. The highest BCUT2D eigenvalue weighted by molar-refractivity contribution is 7.80. The predicted octanol–water partition coefficient (Wildman–Crippen LogP) is 3.74. The molecule has 0 unspecified atom stereocenters. The third-order valence-corrected chi connectivity index (χ3v) is 4.65. The van der Waals surface area contributed by atoms with Crippen molar-refractivity contribution in [1.82, 2.24) is 10.3 Å². The standard InChI is InChI=1S/C19H24N4OS/c1-14(15-7-9-16(10-8-15)23-12-3-4-13-23)21-19(25)22-18-17(24-2)6-5-11-20-18/h5-11,14H,3-4,12-13H2,1-2H3,(H2,20,21,22,25)/t14-/m1/s1. The monoisotopic (exact) mass is 356 g/mol. The van der Waals surface area contributed by atoms with Crippen molar-refractivity contribution in [1.29, 1.82) is 0 Å². The van der Waals surface area contributed by atoms with E-state index < -0.39 is 0 Å². The van der Waals surface area contributed by atoms with Crippen LogP contribution in [0.2, 0.25) is 0 Å². The number of hydrogen-bond donors (Lipinski definition) is 2. The zero-order valence-electron chi connectivity index (χ0n) is 14.7. The van der Waals surface area contributed by atoms with Gasteiger partial charge in [0.2, 0.25) is 0 Å². The maximum absolute atomic E-state index is 5.41. The van der Waals surface area contributed by atoms with E-state index in [2.05, 4.69) is 51.7 Å². The minimum Gasteiger partial charge on any atom is -0.493 e.